The van der Waals surface area contributed by atoms with Crippen LogP contribution in [0.4, 0.5) is 0 Å². The molecule has 6 rings (SSSR count). The molecule has 2 heterocycles. The first-order chi connectivity index (χ1) is 18.5. The Morgan fingerprint density at radius 3 is 2.58 bits per heavy atom. The Morgan fingerprint density at radius 2 is 1.82 bits per heavy atom. The topological polar surface area (TPSA) is 94.7 Å². The van der Waals surface area contributed by atoms with Crippen LogP contribution in [0.5, 0.6) is 17.4 Å². The first-order valence-electron chi connectivity index (χ1n) is 11.9. The van der Waals surface area contributed by atoms with E-state index in [-0.39, 0.29) is 18.1 Å². The van der Waals surface area contributed by atoms with E-state index >= 15 is 0 Å². The second-order valence-corrected chi connectivity index (χ2v) is 9.78. The van der Waals surface area contributed by atoms with Crippen LogP contribution < -0.4 is 9.47 Å². The van der Waals surface area contributed by atoms with Gasteiger partial charge in [-0.25, -0.2) is 9.78 Å². The van der Waals surface area contributed by atoms with Gasteiger partial charge in [0.1, 0.15) is 29.6 Å². The highest BCUT2D eigenvalue weighted by atomic mass is 35.5. The van der Waals surface area contributed by atoms with Gasteiger partial charge in [0.05, 0.1) is 21.2 Å². The Hall–Kier alpha value is -4.07. The van der Waals surface area contributed by atoms with Gasteiger partial charge in [0.15, 0.2) is 0 Å². The van der Waals surface area contributed by atoms with E-state index in [0.717, 1.165) is 34.9 Å². The number of aromatic carboxylic acids is 1. The van der Waals surface area contributed by atoms with Crippen molar-refractivity contribution in [1.29, 1.82) is 0 Å². The van der Waals surface area contributed by atoms with E-state index in [0.29, 0.717) is 38.7 Å². The van der Waals surface area contributed by atoms with Crippen LogP contribution in [0.2, 0.25) is 10.0 Å². The Morgan fingerprint density at radius 1 is 1.03 bits per heavy atom. The fourth-order valence-corrected chi connectivity index (χ4v) is 4.90. The quantitative estimate of drug-likeness (QED) is 0.210. The Bertz CT molecular complexity index is 1660. The number of rotatable bonds is 8. The van der Waals surface area contributed by atoms with Crippen LogP contribution in [0.15, 0.2) is 77.4 Å². The predicted molar refractivity (Wildman–Crippen MR) is 143 cm³/mol. The molecular formula is C29H20Cl2N2O5. The van der Waals surface area contributed by atoms with Gasteiger partial charge in [-0.3, -0.25) is 0 Å². The standard InChI is InChI=1S/C29H20Cl2N2O5/c30-22-4-2-5-23(31)26(22)27-21(28(38-33-27)16-7-8-16)15-36-19-9-10-20-17(13-19)3-1-6-24(20)37-25-14-18(29(34)35)11-12-32-25/h1-6,9-14,16H,7-8,15H2,(H,34,35). The summed E-state index contributed by atoms with van der Waals surface area (Å²) < 4.78 is 17.9. The van der Waals surface area contributed by atoms with E-state index in [9.17, 15) is 9.90 Å². The third-order valence-corrected chi connectivity index (χ3v) is 6.99. The molecule has 0 amide bonds. The molecule has 1 fully saturated rings. The van der Waals surface area contributed by atoms with Crippen LogP contribution in [0.1, 0.15) is 40.4 Å². The van der Waals surface area contributed by atoms with Gasteiger partial charge in [-0.2, -0.15) is 0 Å². The zero-order chi connectivity index (χ0) is 26.2. The van der Waals surface area contributed by atoms with Crippen molar-refractivity contribution < 1.29 is 23.9 Å². The molecule has 2 aromatic heterocycles. The average molecular weight is 547 g/mol. The molecule has 1 N–H and O–H groups in total. The van der Waals surface area contributed by atoms with E-state index in [1.807, 2.05) is 30.3 Å². The fraction of sp³-hybridized carbons (Fsp3) is 0.138. The second kappa shape index (κ2) is 10.0. The van der Waals surface area contributed by atoms with Gasteiger partial charge in [0.25, 0.3) is 0 Å². The highest BCUT2D eigenvalue weighted by Gasteiger charge is 2.33. The zero-order valence-electron chi connectivity index (χ0n) is 19.9. The summed E-state index contributed by atoms with van der Waals surface area (Å²) >= 11 is 12.9. The molecular weight excluding hydrogens is 527 g/mol. The number of benzene rings is 3. The van der Waals surface area contributed by atoms with Gasteiger partial charge in [-0.15, -0.1) is 0 Å². The highest BCUT2D eigenvalue weighted by molar-refractivity contribution is 6.39. The number of pyridine rings is 1. The molecule has 0 atom stereocenters. The maximum absolute atomic E-state index is 11.3. The van der Waals surface area contributed by atoms with Gasteiger partial charge >= 0.3 is 5.97 Å². The number of fused-ring (bicyclic) bond motifs is 1. The molecule has 3 aromatic carbocycles. The molecule has 0 radical (unpaired) electrons. The molecule has 0 spiro atoms. The largest absolute Gasteiger partial charge is 0.489 e. The lowest BCUT2D eigenvalue weighted by atomic mass is 10.0. The van der Waals surface area contributed by atoms with Crippen LogP contribution in [0.3, 0.4) is 0 Å². The monoisotopic (exact) mass is 546 g/mol. The molecule has 1 saturated carbocycles. The summed E-state index contributed by atoms with van der Waals surface area (Å²) in [6, 6.07) is 19.4. The van der Waals surface area contributed by atoms with E-state index in [4.69, 9.17) is 37.2 Å². The summed E-state index contributed by atoms with van der Waals surface area (Å²) in [7, 11) is 0. The van der Waals surface area contributed by atoms with Crippen molar-refractivity contribution in [2.24, 2.45) is 0 Å². The number of aromatic nitrogens is 2. The van der Waals surface area contributed by atoms with E-state index in [1.54, 1.807) is 24.3 Å². The molecule has 5 aromatic rings. The van der Waals surface area contributed by atoms with Crippen molar-refractivity contribution in [1.82, 2.24) is 10.1 Å². The molecule has 0 bridgehead atoms. The number of carboxylic acid groups (broad SMARTS) is 1. The average Bonchev–Trinajstić information content (AvgIpc) is 3.67. The Kier molecular flexibility index (Phi) is 6.39. The first kappa shape index (κ1) is 24.3. The molecule has 0 saturated heterocycles. The highest BCUT2D eigenvalue weighted by Crippen LogP contribution is 2.46. The maximum Gasteiger partial charge on any atom is 0.335 e. The lowest BCUT2D eigenvalue weighted by Crippen LogP contribution is -2.00. The van der Waals surface area contributed by atoms with E-state index in [2.05, 4.69) is 10.1 Å². The van der Waals surface area contributed by atoms with Gasteiger partial charge in [0, 0.05) is 29.1 Å². The van der Waals surface area contributed by atoms with Crippen molar-refractivity contribution in [3.8, 4) is 28.6 Å². The molecule has 0 aliphatic heterocycles. The minimum atomic E-state index is -1.05. The normalized spacial score (nSPS) is 13.0. The number of nitrogens with zero attached hydrogens (tertiary/aromatic N) is 2. The molecule has 9 heteroatoms. The van der Waals surface area contributed by atoms with E-state index < -0.39 is 5.97 Å². The van der Waals surface area contributed by atoms with Crippen molar-refractivity contribution in [2.75, 3.05) is 0 Å². The predicted octanol–water partition coefficient (Wildman–Crippen LogP) is 8.14. The third kappa shape index (κ3) is 4.78. The molecule has 1 aliphatic carbocycles. The van der Waals surface area contributed by atoms with Crippen molar-refractivity contribution in [3.63, 3.8) is 0 Å². The minimum absolute atomic E-state index is 0.0997. The van der Waals surface area contributed by atoms with Crippen LogP contribution >= 0.6 is 23.2 Å². The first-order valence-corrected chi connectivity index (χ1v) is 12.7. The van der Waals surface area contributed by atoms with Gasteiger partial charge in [-0.1, -0.05) is 46.6 Å². The van der Waals surface area contributed by atoms with Gasteiger partial charge < -0.3 is 19.1 Å². The second-order valence-electron chi connectivity index (χ2n) is 8.96. The lowest BCUT2D eigenvalue weighted by molar-refractivity contribution is 0.0696. The number of carboxylic acids is 1. The summed E-state index contributed by atoms with van der Waals surface area (Å²) in [5, 5.41) is 16.3. The van der Waals surface area contributed by atoms with Crippen LogP contribution in [0.25, 0.3) is 22.0 Å². The van der Waals surface area contributed by atoms with Crippen molar-refractivity contribution in [2.45, 2.75) is 25.4 Å². The van der Waals surface area contributed by atoms with Gasteiger partial charge in [-0.05, 0) is 60.7 Å². The number of hydrogen-bond acceptors (Lipinski definition) is 6. The van der Waals surface area contributed by atoms with E-state index in [1.165, 1.54) is 18.3 Å². The Balaban J connectivity index is 1.28. The van der Waals surface area contributed by atoms with Crippen molar-refractivity contribution >= 4 is 39.9 Å². The fourth-order valence-electron chi connectivity index (χ4n) is 4.33. The maximum atomic E-state index is 11.3. The van der Waals surface area contributed by atoms with Crippen LogP contribution in [-0.2, 0) is 6.61 Å². The summed E-state index contributed by atoms with van der Waals surface area (Å²) in [6.45, 7) is 0.236. The number of carbonyl (C=O) groups is 1. The third-order valence-electron chi connectivity index (χ3n) is 6.36. The SMILES string of the molecule is O=C(O)c1ccnc(Oc2cccc3cc(OCc4c(-c5c(Cl)cccc5Cl)noc4C4CC4)ccc23)c1. The molecule has 1 aliphatic rings. The summed E-state index contributed by atoms with van der Waals surface area (Å²) in [4.78, 5) is 15.4. The lowest BCUT2D eigenvalue weighted by Gasteiger charge is -2.12. The molecule has 0 unspecified atom stereocenters. The molecule has 190 valence electrons. The Labute approximate surface area is 227 Å². The van der Waals surface area contributed by atoms with Crippen LogP contribution in [0, 0.1) is 0 Å². The summed E-state index contributed by atoms with van der Waals surface area (Å²) in [6.07, 6.45) is 3.49. The molecule has 7 nitrogen and oxygen atoms in total. The van der Waals surface area contributed by atoms with Gasteiger partial charge in [0.2, 0.25) is 5.88 Å². The number of halogens is 2. The molecule has 38 heavy (non-hydrogen) atoms. The number of ether oxygens (including phenoxy) is 2. The summed E-state index contributed by atoms with van der Waals surface area (Å²) in [5.41, 5.74) is 2.16. The van der Waals surface area contributed by atoms with Crippen molar-refractivity contribution in [3.05, 3.63) is 99.9 Å². The zero-order valence-corrected chi connectivity index (χ0v) is 21.4. The summed E-state index contributed by atoms with van der Waals surface area (Å²) in [5.74, 6) is 1.48. The minimum Gasteiger partial charge on any atom is -0.489 e. The number of hydrogen-bond donors (Lipinski definition) is 1. The smallest absolute Gasteiger partial charge is 0.335 e. The van der Waals surface area contributed by atoms with Crippen LogP contribution in [-0.4, -0.2) is 21.2 Å².